The number of oxime groups is 1. The van der Waals surface area contributed by atoms with E-state index >= 15 is 0 Å². The molecule has 0 bridgehead atoms. The van der Waals surface area contributed by atoms with Crippen molar-refractivity contribution in [3.63, 3.8) is 0 Å². The first-order chi connectivity index (χ1) is 17.3. The summed E-state index contributed by atoms with van der Waals surface area (Å²) >= 11 is 0. The van der Waals surface area contributed by atoms with E-state index in [9.17, 15) is 13.6 Å². The molecule has 186 valence electrons. The van der Waals surface area contributed by atoms with Crippen LogP contribution in [0.5, 0.6) is 0 Å². The number of carbonyl (C=O) groups is 1. The van der Waals surface area contributed by atoms with Gasteiger partial charge in [0.05, 0.1) is 11.9 Å². The van der Waals surface area contributed by atoms with Gasteiger partial charge in [-0.05, 0) is 80.1 Å². The molecule has 0 saturated heterocycles. The first-order valence-corrected chi connectivity index (χ1v) is 12.6. The van der Waals surface area contributed by atoms with Crippen LogP contribution in [0.2, 0.25) is 0 Å². The van der Waals surface area contributed by atoms with E-state index in [1.165, 1.54) is 18.6 Å². The van der Waals surface area contributed by atoms with Crippen molar-refractivity contribution in [1.82, 2.24) is 4.98 Å². The molecule has 3 aromatic rings. The van der Waals surface area contributed by atoms with Crippen LogP contribution < -0.4 is 0 Å². The Morgan fingerprint density at radius 2 is 1.81 bits per heavy atom. The molecule has 1 aromatic heterocycles. The standard InChI is InChI=1S/C30H30F2N2O2/c1-19-6-8-25(26(32)12-19)21-14-22(28-17-30(36-34-28)10-4-3-5-11-30)16-23(15-21)29(35)13-20(2)27-9-7-24(31)18-33-27/h6-9,12,14-16,18,20H,3-5,10-11,13,17H2,1-2H3/t20-/m0/s1. The summed E-state index contributed by atoms with van der Waals surface area (Å²) in [7, 11) is 0. The highest BCUT2D eigenvalue weighted by molar-refractivity contribution is 6.06. The molecule has 1 spiro atoms. The highest BCUT2D eigenvalue weighted by atomic mass is 19.1. The smallest absolute Gasteiger partial charge is 0.163 e. The summed E-state index contributed by atoms with van der Waals surface area (Å²) in [6, 6.07) is 13.6. The molecule has 1 fully saturated rings. The molecule has 1 aliphatic carbocycles. The summed E-state index contributed by atoms with van der Waals surface area (Å²) < 4.78 is 28.2. The lowest BCUT2D eigenvalue weighted by atomic mass is 9.80. The first-order valence-electron chi connectivity index (χ1n) is 12.6. The van der Waals surface area contributed by atoms with Crippen LogP contribution in [-0.2, 0) is 4.84 Å². The van der Waals surface area contributed by atoms with Crippen LogP contribution in [0.3, 0.4) is 0 Å². The number of rotatable bonds is 6. The molecule has 36 heavy (non-hydrogen) atoms. The van der Waals surface area contributed by atoms with Gasteiger partial charge in [-0.1, -0.05) is 30.6 Å². The number of aryl methyl sites for hydroxylation is 1. The lowest BCUT2D eigenvalue weighted by Crippen LogP contribution is -2.31. The third-order valence-corrected chi connectivity index (χ3v) is 7.37. The molecular weight excluding hydrogens is 458 g/mol. The molecule has 0 N–H and O–H groups in total. The number of nitrogens with zero attached hydrogens (tertiary/aromatic N) is 2. The Bertz CT molecular complexity index is 1310. The van der Waals surface area contributed by atoms with Gasteiger partial charge in [-0.15, -0.1) is 0 Å². The zero-order valence-electron chi connectivity index (χ0n) is 20.7. The van der Waals surface area contributed by atoms with Gasteiger partial charge in [0.1, 0.15) is 17.2 Å². The average molecular weight is 489 g/mol. The number of halogens is 2. The fraction of sp³-hybridized carbons (Fsp3) is 0.367. The lowest BCUT2D eigenvalue weighted by Gasteiger charge is -2.30. The SMILES string of the molecule is Cc1ccc(-c2cc(C(=O)C[C@H](C)c3ccc(F)cn3)cc(C3=NOC4(CCCCC4)C3)c2)c(F)c1. The van der Waals surface area contributed by atoms with E-state index in [1.54, 1.807) is 18.2 Å². The molecule has 4 nitrogen and oxygen atoms in total. The minimum absolute atomic E-state index is 0.0869. The lowest BCUT2D eigenvalue weighted by molar-refractivity contribution is -0.0449. The minimum atomic E-state index is -0.412. The molecule has 1 saturated carbocycles. The van der Waals surface area contributed by atoms with Crippen LogP contribution >= 0.6 is 0 Å². The predicted octanol–water partition coefficient (Wildman–Crippen LogP) is 7.54. The molecule has 2 aromatic carbocycles. The Balaban J connectivity index is 1.48. The van der Waals surface area contributed by atoms with E-state index in [0.29, 0.717) is 28.8 Å². The maximum Gasteiger partial charge on any atom is 0.163 e. The highest BCUT2D eigenvalue weighted by Crippen LogP contribution is 2.40. The molecule has 6 heteroatoms. The Kier molecular flexibility index (Phi) is 6.69. The zero-order chi connectivity index (χ0) is 25.3. The summed E-state index contributed by atoms with van der Waals surface area (Å²) in [5, 5.41) is 4.44. The number of Topliss-reactive ketones (excluding diaryl/α,β-unsaturated/α-hetero) is 1. The number of pyridine rings is 1. The summed E-state index contributed by atoms with van der Waals surface area (Å²) in [4.78, 5) is 23.5. The van der Waals surface area contributed by atoms with Gasteiger partial charge in [-0.3, -0.25) is 9.78 Å². The van der Waals surface area contributed by atoms with E-state index in [2.05, 4.69) is 10.1 Å². The van der Waals surface area contributed by atoms with E-state index in [-0.39, 0.29) is 29.5 Å². The van der Waals surface area contributed by atoms with Crippen molar-refractivity contribution in [3.8, 4) is 11.1 Å². The molecule has 1 atom stereocenters. The van der Waals surface area contributed by atoms with Gasteiger partial charge in [0, 0.05) is 41.1 Å². The van der Waals surface area contributed by atoms with Crippen LogP contribution in [0.15, 0.2) is 59.9 Å². The maximum absolute atomic E-state index is 14.9. The second kappa shape index (κ2) is 9.92. The number of benzene rings is 2. The van der Waals surface area contributed by atoms with E-state index in [1.807, 2.05) is 32.0 Å². The third kappa shape index (κ3) is 5.08. The first kappa shape index (κ1) is 24.3. The second-order valence-corrected chi connectivity index (χ2v) is 10.3. The van der Waals surface area contributed by atoms with Gasteiger partial charge in [-0.25, -0.2) is 8.78 Å². The minimum Gasteiger partial charge on any atom is -0.389 e. The Hall–Kier alpha value is -3.41. The largest absolute Gasteiger partial charge is 0.389 e. The van der Waals surface area contributed by atoms with Crippen molar-refractivity contribution in [2.75, 3.05) is 0 Å². The van der Waals surface area contributed by atoms with Gasteiger partial charge in [0.25, 0.3) is 0 Å². The van der Waals surface area contributed by atoms with E-state index in [0.717, 1.165) is 48.7 Å². The fourth-order valence-corrected chi connectivity index (χ4v) is 5.28. The Labute approximate surface area is 210 Å². The van der Waals surface area contributed by atoms with Crippen LogP contribution in [0, 0.1) is 18.6 Å². The molecule has 2 aliphatic rings. The normalized spacial score (nSPS) is 17.5. The molecule has 5 rings (SSSR count). The summed E-state index contributed by atoms with van der Waals surface area (Å²) in [6.45, 7) is 3.74. The van der Waals surface area contributed by atoms with Gasteiger partial charge < -0.3 is 4.84 Å². The van der Waals surface area contributed by atoms with Crippen molar-refractivity contribution in [3.05, 3.63) is 88.7 Å². The molecule has 2 heterocycles. The number of hydrogen-bond donors (Lipinski definition) is 0. The van der Waals surface area contributed by atoms with Gasteiger partial charge >= 0.3 is 0 Å². The van der Waals surface area contributed by atoms with Gasteiger partial charge in [-0.2, -0.15) is 0 Å². The molecule has 0 amide bonds. The van der Waals surface area contributed by atoms with Gasteiger partial charge in [0.2, 0.25) is 0 Å². The predicted molar refractivity (Wildman–Crippen MR) is 136 cm³/mol. The van der Waals surface area contributed by atoms with Crippen LogP contribution in [0.1, 0.15) is 85.0 Å². The van der Waals surface area contributed by atoms with Crippen molar-refractivity contribution >= 4 is 11.5 Å². The van der Waals surface area contributed by atoms with E-state index in [4.69, 9.17) is 4.84 Å². The quantitative estimate of drug-likeness (QED) is 0.337. The summed E-state index contributed by atoms with van der Waals surface area (Å²) in [5.41, 5.74) is 4.37. The number of aromatic nitrogens is 1. The second-order valence-electron chi connectivity index (χ2n) is 10.3. The molecule has 1 aliphatic heterocycles. The number of hydrogen-bond acceptors (Lipinski definition) is 4. The average Bonchev–Trinajstić information content (AvgIpc) is 3.27. The van der Waals surface area contributed by atoms with Crippen LogP contribution in [0.4, 0.5) is 8.78 Å². The molecule has 0 radical (unpaired) electrons. The maximum atomic E-state index is 14.9. The van der Waals surface area contributed by atoms with Crippen molar-refractivity contribution in [2.45, 2.75) is 70.3 Å². The summed E-state index contributed by atoms with van der Waals surface area (Å²) in [6.07, 6.45) is 7.45. The number of carbonyl (C=O) groups excluding carboxylic acids is 1. The Morgan fingerprint density at radius 1 is 1.03 bits per heavy atom. The van der Waals surface area contributed by atoms with Crippen LogP contribution in [-0.4, -0.2) is 22.1 Å². The highest BCUT2D eigenvalue weighted by Gasteiger charge is 2.40. The van der Waals surface area contributed by atoms with Crippen molar-refractivity contribution < 1.29 is 18.4 Å². The topological polar surface area (TPSA) is 51.5 Å². The zero-order valence-corrected chi connectivity index (χ0v) is 20.7. The Morgan fingerprint density at radius 3 is 2.53 bits per heavy atom. The van der Waals surface area contributed by atoms with Crippen molar-refractivity contribution in [2.24, 2.45) is 5.16 Å². The van der Waals surface area contributed by atoms with E-state index < -0.39 is 5.82 Å². The summed E-state index contributed by atoms with van der Waals surface area (Å²) in [5.74, 6) is -1.03. The molecule has 0 unspecified atom stereocenters. The fourth-order valence-electron chi connectivity index (χ4n) is 5.28. The molecular formula is C30H30F2N2O2. The van der Waals surface area contributed by atoms with Gasteiger partial charge in [0.15, 0.2) is 5.78 Å². The monoisotopic (exact) mass is 488 g/mol. The van der Waals surface area contributed by atoms with Crippen LogP contribution in [0.25, 0.3) is 11.1 Å². The van der Waals surface area contributed by atoms with Crippen molar-refractivity contribution in [1.29, 1.82) is 0 Å². The third-order valence-electron chi connectivity index (χ3n) is 7.37. The number of ketones is 1.